The largest absolute Gasteiger partial charge is 0.387 e. The third kappa shape index (κ3) is 13.9. The first-order valence-electron chi connectivity index (χ1n) is 4.71. The van der Waals surface area contributed by atoms with Crippen LogP contribution >= 0.6 is 0 Å². The second kappa shape index (κ2) is 13.6. The Kier molecular flexibility index (Phi) is 15.1. The molecule has 0 radical (unpaired) electrons. The van der Waals surface area contributed by atoms with Gasteiger partial charge in [0, 0.05) is 18.8 Å². The Morgan fingerprint density at radius 2 is 2.00 bits per heavy atom. The van der Waals surface area contributed by atoms with Crippen LogP contribution in [0.15, 0.2) is 36.6 Å². The van der Waals surface area contributed by atoms with Crippen molar-refractivity contribution in [2.45, 2.75) is 20.8 Å². The molecule has 0 rings (SSSR count). The Hall–Kier alpha value is -1.02. The SMILES string of the molecule is C=C/C=C\C=C(/C)NCCN.CC. The monoisotopic (exact) mass is 182 g/mol. The predicted octanol–water partition coefficient (Wildman–Crippen LogP) is 2.21. The third-order valence-corrected chi connectivity index (χ3v) is 1.14. The van der Waals surface area contributed by atoms with Gasteiger partial charge in [-0.25, -0.2) is 0 Å². The lowest BCUT2D eigenvalue weighted by atomic mass is 10.4. The molecule has 0 aliphatic heterocycles. The first-order valence-corrected chi connectivity index (χ1v) is 4.71. The van der Waals surface area contributed by atoms with Crippen LogP contribution in [-0.4, -0.2) is 13.1 Å². The molecule has 0 fully saturated rings. The Morgan fingerprint density at radius 1 is 1.38 bits per heavy atom. The molecule has 0 bridgehead atoms. The van der Waals surface area contributed by atoms with Crippen molar-refractivity contribution >= 4 is 0 Å². The van der Waals surface area contributed by atoms with E-state index in [0.717, 1.165) is 12.2 Å². The molecule has 13 heavy (non-hydrogen) atoms. The number of rotatable bonds is 5. The first kappa shape index (κ1) is 14.5. The molecule has 2 nitrogen and oxygen atoms in total. The Labute approximate surface area is 82.2 Å². The van der Waals surface area contributed by atoms with E-state index in [0.29, 0.717) is 6.54 Å². The highest BCUT2D eigenvalue weighted by atomic mass is 14.9. The average Bonchev–Trinajstić information content (AvgIpc) is 2.18. The fourth-order valence-electron chi connectivity index (χ4n) is 0.607. The van der Waals surface area contributed by atoms with Crippen LogP contribution in [0.3, 0.4) is 0 Å². The standard InChI is InChI=1S/C9H16N2.C2H6/c1-3-4-5-6-9(2)11-8-7-10;1-2/h3-6,11H,1,7-8,10H2,2H3;1-2H3/b5-4-,9-6+;. The molecule has 2 heteroatoms. The fraction of sp³-hybridized carbons (Fsp3) is 0.455. The van der Waals surface area contributed by atoms with E-state index >= 15 is 0 Å². The van der Waals surface area contributed by atoms with Crippen molar-refractivity contribution in [3.63, 3.8) is 0 Å². The quantitative estimate of drug-likeness (QED) is 0.640. The summed E-state index contributed by atoms with van der Waals surface area (Å²) >= 11 is 0. The molecule has 0 aromatic rings. The van der Waals surface area contributed by atoms with Crippen LogP contribution in [0.2, 0.25) is 0 Å². The molecular weight excluding hydrogens is 160 g/mol. The summed E-state index contributed by atoms with van der Waals surface area (Å²) in [5.74, 6) is 0. The van der Waals surface area contributed by atoms with Crippen molar-refractivity contribution in [1.29, 1.82) is 0 Å². The number of hydrogen-bond donors (Lipinski definition) is 2. The minimum absolute atomic E-state index is 0.663. The van der Waals surface area contributed by atoms with Crippen molar-refractivity contribution in [2.24, 2.45) is 5.73 Å². The molecule has 0 saturated carbocycles. The van der Waals surface area contributed by atoms with Crippen LogP contribution in [0, 0.1) is 0 Å². The second-order valence-corrected chi connectivity index (χ2v) is 2.19. The molecule has 3 N–H and O–H groups in total. The van der Waals surface area contributed by atoms with Crippen LogP contribution in [0.1, 0.15) is 20.8 Å². The molecule has 0 spiro atoms. The lowest BCUT2D eigenvalue weighted by Gasteiger charge is -2.01. The molecule has 0 heterocycles. The molecule has 0 aromatic carbocycles. The maximum absolute atomic E-state index is 5.31. The molecule has 0 unspecified atom stereocenters. The van der Waals surface area contributed by atoms with Gasteiger partial charge in [0.25, 0.3) is 0 Å². The smallest absolute Gasteiger partial charge is 0.0266 e. The van der Waals surface area contributed by atoms with Gasteiger partial charge in [0.1, 0.15) is 0 Å². The molecule has 0 aromatic heterocycles. The summed E-state index contributed by atoms with van der Waals surface area (Å²) in [5, 5.41) is 3.14. The fourth-order valence-corrected chi connectivity index (χ4v) is 0.607. The van der Waals surface area contributed by atoms with Crippen LogP contribution in [0.5, 0.6) is 0 Å². The molecule has 76 valence electrons. The van der Waals surface area contributed by atoms with Crippen molar-refractivity contribution < 1.29 is 0 Å². The predicted molar refractivity (Wildman–Crippen MR) is 61.5 cm³/mol. The zero-order chi connectivity index (χ0) is 10.5. The van der Waals surface area contributed by atoms with Gasteiger partial charge >= 0.3 is 0 Å². The van der Waals surface area contributed by atoms with E-state index in [-0.39, 0.29) is 0 Å². The normalized spacial score (nSPS) is 10.6. The lowest BCUT2D eigenvalue weighted by molar-refractivity contribution is 0.798. The number of allylic oxidation sites excluding steroid dienone is 5. The summed E-state index contributed by atoms with van der Waals surface area (Å²) < 4.78 is 0. The summed E-state index contributed by atoms with van der Waals surface area (Å²) in [7, 11) is 0. The summed E-state index contributed by atoms with van der Waals surface area (Å²) in [6.45, 7) is 11.1. The van der Waals surface area contributed by atoms with Gasteiger partial charge in [-0.1, -0.05) is 38.7 Å². The highest BCUT2D eigenvalue weighted by Gasteiger charge is 1.81. The lowest BCUT2D eigenvalue weighted by Crippen LogP contribution is -2.20. The summed E-state index contributed by atoms with van der Waals surface area (Å²) in [5.41, 5.74) is 6.43. The highest BCUT2D eigenvalue weighted by Crippen LogP contribution is 1.86. The molecule has 0 atom stereocenters. The van der Waals surface area contributed by atoms with Crippen molar-refractivity contribution in [3.05, 3.63) is 36.6 Å². The Bertz CT molecular complexity index is 157. The topological polar surface area (TPSA) is 38.0 Å². The van der Waals surface area contributed by atoms with Crippen molar-refractivity contribution in [1.82, 2.24) is 5.32 Å². The summed E-state index contributed by atoms with van der Waals surface area (Å²) in [6, 6.07) is 0. The zero-order valence-corrected chi connectivity index (χ0v) is 9.01. The van der Waals surface area contributed by atoms with Crippen molar-refractivity contribution in [3.8, 4) is 0 Å². The first-order chi connectivity index (χ1) is 6.31. The van der Waals surface area contributed by atoms with Gasteiger partial charge in [-0.15, -0.1) is 0 Å². The van der Waals surface area contributed by atoms with E-state index in [1.54, 1.807) is 6.08 Å². The van der Waals surface area contributed by atoms with Crippen LogP contribution in [0.25, 0.3) is 0 Å². The Balaban J connectivity index is 0. The van der Waals surface area contributed by atoms with Crippen LogP contribution in [-0.2, 0) is 0 Å². The summed E-state index contributed by atoms with van der Waals surface area (Å²) in [6.07, 6.45) is 7.55. The van der Waals surface area contributed by atoms with Gasteiger partial charge in [0.15, 0.2) is 0 Å². The number of nitrogens with one attached hydrogen (secondary N) is 1. The van der Waals surface area contributed by atoms with Gasteiger partial charge in [-0.3, -0.25) is 0 Å². The van der Waals surface area contributed by atoms with Crippen LogP contribution < -0.4 is 11.1 Å². The minimum atomic E-state index is 0.663. The molecule has 0 saturated heterocycles. The van der Waals surface area contributed by atoms with Gasteiger partial charge in [0.2, 0.25) is 0 Å². The third-order valence-electron chi connectivity index (χ3n) is 1.14. The van der Waals surface area contributed by atoms with Gasteiger partial charge in [0.05, 0.1) is 0 Å². The Morgan fingerprint density at radius 3 is 2.46 bits per heavy atom. The second-order valence-electron chi connectivity index (χ2n) is 2.19. The van der Waals surface area contributed by atoms with E-state index in [2.05, 4.69) is 11.9 Å². The minimum Gasteiger partial charge on any atom is -0.387 e. The summed E-state index contributed by atoms with van der Waals surface area (Å²) in [4.78, 5) is 0. The molecule has 0 amide bonds. The van der Waals surface area contributed by atoms with Crippen molar-refractivity contribution in [2.75, 3.05) is 13.1 Å². The zero-order valence-electron chi connectivity index (χ0n) is 9.01. The van der Waals surface area contributed by atoms with E-state index in [4.69, 9.17) is 5.73 Å². The molecule has 0 aliphatic rings. The van der Waals surface area contributed by atoms with Crippen LogP contribution in [0.4, 0.5) is 0 Å². The average molecular weight is 182 g/mol. The molecule has 0 aliphatic carbocycles. The van der Waals surface area contributed by atoms with E-state index in [1.165, 1.54) is 0 Å². The maximum atomic E-state index is 5.31. The molecular formula is C11H22N2. The number of hydrogen-bond acceptors (Lipinski definition) is 2. The van der Waals surface area contributed by atoms with Gasteiger partial charge in [-0.05, 0) is 13.0 Å². The van der Waals surface area contributed by atoms with Gasteiger partial charge < -0.3 is 11.1 Å². The van der Waals surface area contributed by atoms with Gasteiger partial charge in [-0.2, -0.15) is 0 Å². The number of nitrogens with two attached hydrogens (primary N) is 1. The maximum Gasteiger partial charge on any atom is 0.0266 e. The van der Waals surface area contributed by atoms with E-state index in [1.807, 2.05) is 39.0 Å². The van der Waals surface area contributed by atoms with E-state index in [9.17, 15) is 0 Å². The highest BCUT2D eigenvalue weighted by molar-refractivity contribution is 5.13. The van der Waals surface area contributed by atoms with E-state index < -0.39 is 0 Å².